The van der Waals surface area contributed by atoms with Crippen LogP contribution in [-0.4, -0.2) is 15.2 Å². The lowest BCUT2D eigenvalue weighted by atomic mass is 10.4. The summed E-state index contributed by atoms with van der Waals surface area (Å²) in [4.78, 5) is 13.2. The SMILES string of the molecule is Cc1sc(=O)[nH]c1C(O)O. The van der Waals surface area contributed by atoms with Crippen LogP contribution in [0, 0.1) is 6.92 Å². The number of aliphatic hydroxyl groups excluding tert-OH is 1. The second-order valence-electron chi connectivity index (χ2n) is 1.86. The zero-order valence-corrected chi connectivity index (χ0v) is 6.10. The van der Waals surface area contributed by atoms with E-state index in [0.717, 1.165) is 11.3 Å². The van der Waals surface area contributed by atoms with E-state index >= 15 is 0 Å². The van der Waals surface area contributed by atoms with Crippen LogP contribution >= 0.6 is 11.3 Å². The minimum atomic E-state index is -1.57. The average molecular weight is 161 g/mol. The lowest BCUT2D eigenvalue weighted by Crippen LogP contribution is -2.01. The minimum Gasteiger partial charge on any atom is -0.363 e. The number of H-pyrrole nitrogens is 1. The summed E-state index contributed by atoms with van der Waals surface area (Å²) in [7, 11) is 0. The van der Waals surface area contributed by atoms with Gasteiger partial charge >= 0.3 is 4.87 Å². The van der Waals surface area contributed by atoms with E-state index in [1.165, 1.54) is 0 Å². The minimum absolute atomic E-state index is 0.190. The molecule has 0 aromatic carbocycles. The van der Waals surface area contributed by atoms with Gasteiger partial charge in [-0.3, -0.25) is 4.79 Å². The van der Waals surface area contributed by atoms with Crippen molar-refractivity contribution in [3.63, 3.8) is 0 Å². The first kappa shape index (κ1) is 7.46. The monoisotopic (exact) mass is 161 g/mol. The molecule has 1 rings (SSSR count). The molecule has 0 fully saturated rings. The second-order valence-corrected chi connectivity index (χ2v) is 3.05. The molecule has 0 atom stereocenters. The van der Waals surface area contributed by atoms with Crippen molar-refractivity contribution in [2.75, 3.05) is 0 Å². The van der Waals surface area contributed by atoms with E-state index in [4.69, 9.17) is 10.2 Å². The fourth-order valence-electron chi connectivity index (χ4n) is 0.664. The Kier molecular flexibility index (Phi) is 1.89. The number of aromatic amines is 1. The molecule has 5 heteroatoms. The highest BCUT2D eigenvalue weighted by Crippen LogP contribution is 2.12. The standard InChI is InChI=1S/C5H7NO3S/c1-2-3(4(7)8)6-5(9)10-2/h4,7-8H,1H3,(H,6,9). The Morgan fingerprint density at radius 3 is 2.40 bits per heavy atom. The molecule has 0 saturated carbocycles. The van der Waals surface area contributed by atoms with Gasteiger partial charge in [0.1, 0.15) is 0 Å². The number of aryl methyl sites for hydroxylation is 1. The maximum absolute atomic E-state index is 10.6. The molecule has 56 valence electrons. The number of hydrogen-bond donors (Lipinski definition) is 3. The highest BCUT2D eigenvalue weighted by molar-refractivity contribution is 7.09. The van der Waals surface area contributed by atoms with Gasteiger partial charge in [0.05, 0.1) is 5.69 Å². The van der Waals surface area contributed by atoms with Crippen molar-refractivity contribution in [1.82, 2.24) is 4.98 Å². The molecular weight excluding hydrogens is 154 g/mol. The van der Waals surface area contributed by atoms with Crippen LogP contribution in [-0.2, 0) is 0 Å². The van der Waals surface area contributed by atoms with Gasteiger partial charge in [0, 0.05) is 4.88 Å². The lowest BCUT2D eigenvalue weighted by molar-refractivity contribution is -0.0459. The Balaban J connectivity index is 3.15. The van der Waals surface area contributed by atoms with Crippen LogP contribution in [0.2, 0.25) is 0 Å². The molecule has 0 aliphatic rings. The van der Waals surface area contributed by atoms with Gasteiger partial charge in [0.2, 0.25) is 0 Å². The number of hydrogen-bond acceptors (Lipinski definition) is 4. The van der Waals surface area contributed by atoms with E-state index in [1.54, 1.807) is 6.92 Å². The number of nitrogens with one attached hydrogen (secondary N) is 1. The van der Waals surface area contributed by atoms with E-state index in [-0.39, 0.29) is 10.6 Å². The van der Waals surface area contributed by atoms with Gasteiger partial charge in [-0.25, -0.2) is 0 Å². The summed E-state index contributed by atoms with van der Waals surface area (Å²) in [5.74, 6) is 0. The van der Waals surface area contributed by atoms with Gasteiger partial charge in [-0.05, 0) is 6.92 Å². The molecule has 1 aromatic rings. The number of thiazole rings is 1. The van der Waals surface area contributed by atoms with Gasteiger partial charge in [-0.15, -0.1) is 0 Å². The molecule has 3 N–H and O–H groups in total. The molecular formula is C5H7NO3S. The quantitative estimate of drug-likeness (QED) is 0.496. The summed E-state index contributed by atoms with van der Waals surface area (Å²) in [5, 5.41) is 17.2. The fraction of sp³-hybridized carbons (Fsp3) is 0.400. The molecule has 1 heterocycles. The summed E-state index contributed by atoms with van der Waals surface area (Å²) in [5.41, 5.74) is 0.190. The van der Waals surface area contributed by atoms with E-state index in [9.17, 15) is 4.79 Å². The van der Waals surface area contributed by atoms with Gasteiger partial charge in [-0.1, -0.05) is 11.3 Å². The predicted octanol–water partition coefficient (Wildman–Crippen LogP) is -0.272. The average Bonchev–Trinajstić information content (AvgIpc) is 2.10. The molecule has 0 unspecified atom stereocenters. The first-order chi connectivity index (χ1) is 4.61. The second kappa shape index (κ2) is 2.53. The third-order valence-corrected chi connectivity index (χ3v) is 1.93. The van der Waals surface area contributed by atoms with Crippen LogP contribution in [0.5, 0.6) is 0 Å². The van der Waals surface area contributed by atoms with Crippen LogP contribution in [0.1, 0.15) is 16.9 Å². The van der Waals surface area contributed by atoms with E-state index in [0.29, 0.717) is 4.88 Å². The van der Waals surface area contributed by atoms with Crippen molar-refractivity contribution >= 4 is 11.3 Å². The smallest absolute Gasteiger partial charge is 0.305 e. The van der Waals surface area contributed by atoms with Gasteiger partial charge in [0.25, 0.3) is 0 Å². The van der Waals surface area contributed by atoms with Gasteiger partial charge < -0.3 is 15.2 Å². The first-order valence-corrected chi connectivity index (χ1v) is 3.48. The zero-order chi connectivity index (χ0) is 7.72. The largest absolute Gasteiger partial charge is 0.363 e. The lowest BCUT2D eigenvalue weighted by Gasteiger charge is -1.98. The van der Waals surface area contributed by atoms with Crippen molar-refractivity contribution in [2.45, 2.75) is 13.2 Å². The zero-order valence-electron chi connectivity index (χ0n) is 5.29. The van der Waals surface area contributed by atoms with Crippen molar-refractivity contribution in [3.8, 4) is 0 Å². The maximum Gasteiger partial charge on any atom is 0.305 e. The Hall–Kier alpha value is -0.650. The number of aromatic nitrogens is 1. The van der Waals surface area contributed by atoms with Crippen molar-refractivity contribution in [1.29, 1.82) is 0 Å². The molecule has 4 nitrogen and oxygen atoms in total. The Morgan fingerprint density at radius 1 is 1.60 bits per heavy atom. The van der Waals surface area contributed by atoms with Crippen molar-refractivity contribution in [3.05, 3.63) is 20.2 Å². The molecule has 0 spiro atoms. The number of aliphatic hydroxyl groups is 2. The highest BCUT2D eigenvalue weighted by Gasteiger charge is 2.09. The van der Waals surface area contributed by atoms with Crippen molar-refractivity contribution in [2.24, 2.45) is 0 Å². The van der Waals surface area contributed by atoms with Gasteiger partial charge in [-0.2, -0.15) is 0 Å². The summed E-state index contributed by atoms with van der Waals surface area (Å²) in [6.07, 6.45) is -1.57. The molecule has 0 aliphatic carbocycles. The normalized spacial score (nSPS) is 10.8. The topological polar surface area (TPSA) is 73.3 Å². The summed E-state index contributed by atoms with van der Waals surface area (Å²) in [6.45, 7) is 1.65. The molecule has 0 saturated heterocycles. The summed E-state index contributed by atoms with van der Waals surface area (Å²) < 4.78 is 0. The molecule has 0 amide bonds. The fourth-order valence-corrected chi connectivity index (χ4v) is 1.37. The molecule has 1 aromatic heterocycles. The van der Waals surface area contributed by atoms with E-state index < -0.39 is 6.29 Å². The third kappa shape index (κ3) is 1.26. The Bertz CT molecular complexity index is 275. The Labute approximate surface area is 60.8 Å². The van der Waals surface area contributed by atoms with E-state index in [1.807, 2.05) is 0 Å². The first-order valence-electron chi connectivity index (χ1n) is 2.67. The van der Waals surface area contributed by atoms with Crippen LogP contribution in [0.4, 0.5) is 0 Å². The van der Waals surface area contributed by atoms with E-state index in [2.05, 4.69) is 4.98 Å². The van der Waals surface area contributed by atoms with Crippen LogP contribution in [0.15, 0.2) is 4.79 Å². The van der Waals surface area contributed by atoms with Crippen molar-refractivity contribution < 1.29 is 10.2 Å². The molecule has 0 bridgehead atoms. The summed E-state index contributed by atoms with van der Waals surface area (Å²) >= 11 is 0.966. The maximum atomic E-state index is 10.6. The highest BCUT2D eigenvalue weighted by atomic mass is 32.1. The molecule has 10 heavy (non-hydrogen) atoms. The predicted molar refractivity (Wildman–Crippen MR) is 36.9 cm³/mol. The Morgan fingerprint density at radius 2 is 2.20 bits per heavy atom. The van der Waals surface area contributed by atoms with Crippen LogP contribution < -0.4 is 4.87 Å². The van der Waals surface area contributed by atoms with Crippen LogP contribution in [0.3, 0.4) is 0 Å². The summed E-state index contributed by atoms with van der Waals surface area (Å²) in [6, 6.07) is 0. The van der Waals surface area contributed by atoms with Crippen LogP contribution in [0.25, 0.3) is 0 Å². The molecule has 0 aliphatic heterocycles. The van der Waals surface area contributed by atoms with Gasteiger partial charge in [0.15, 0.2) is 6.29 Å². The number of rotatable bonds is 1. The molecule has 0 radical (unpaired) electrons. The third-order valence-electron chi connectivity index (χ3n) is 1.12.